The zero-order valence-electron chi connectivity index (χ0n) is 16.1. The Morgan fingerprint density at radius 3 is 2.70 bits per heavy atom. The quantitative estimate of drug-likeness (QED) is 0.717. The van der Waals surface area contributed by atoms with Crippen LogP contribution >= 0.6 is 0 Å². The molecule has 1 aromatic carbocycles. The molecule has 6 heteroatoms. The summed E-state index contributed by atoms with van der Waals surface area (Å²) in [5, 5.41) is 6.42. The Morgan fingerprint density at radius 2 is 1.96 bits per heavy atom. The van der Waals surface area contributed by atoms with E-state index in [0.29, 0.717) is 12.5 Å². The second-order valence-corrected chi connectivity index (χ2v) is 7.49. The first kappa shape index (κ1) is 17.7. The molecule has 1 aliphatic rings. The van der Waals surface area contributed by atoms with Gasteiger partial charge in [-0.3, -0.25) is 14.5 Å². The predicted octanol–water partition coefficient (Wildman–Crippen LogP) is 2.34. The van der Waals surface area contributed by atoms with Gasteiger partial charge >= 0.3 is 0 Å². The highest BCUT2D eigenvalue weighted by Gasteiger charge is 2.24. The van der Waals surface area contributed by atoms with Gasteiger partial charge in [0.15, 0.2) is 0 Å². The number of aryl methyl sites for hydroxylation is 1. The minimum Gasteiger partial charge on any atom is -0.340 e. The van der Waals surface area contributed by atoms with E-state index in [9.17, 15) is 4.79 Å². The van der Waals surface area contributed by atoms with Crippen LogP contribution in [0.5, 0.6) is 0 Å². The molecule has 0 unspecified atom stereocenters. The van der Waals surface area contributed by atoms with Crippen molar-refractivity contribution in [3.8, 4) is 11.1 Å². The third-order valence-electron chi connectivity index (χ3n) is 5.46. The van der Waals surface area contributed by atoms with E-state index < -0.39 is 0 Å². The Morgan fingerprint density at radius 1 is 1.11 bits per heavy atom. The number of hydrogen-bond acceptors (Lipinski definition) is 4. The molecule has 1 aliphatic heterocycles. The minimum absolute atomic E-state index is 0.158. The summed E-state index contributed by atoms with van der Waals surface area (Å²) < 4.78 is 1.80. The molecule has 0 bridgehead atoms. The van der Waals surface area contributed by atoms with Crippen LogP contribution in [0.3, 0.4) is 0 Å². The molecule has 0 radical (unpaired) electrons. The molecular weight excluding hydrogens is 338 g/mol. The monoisotopic (exact) mass is 363 g/mol. The van der Waals surface area contributed by atoms with Crippen LogP contribution in [0.25, 0.3) is 21.9 Å². The summed E-state index contributed by atoms with van der Waals surface area (Å²) >= 11 is 0. The Balaban J connectivity index is 1.54. The van der Waals surface area contributed by atoms with Gasteiger partial charge in [-0.25, -0.2) is 0 Å². The molecular formula is C21H25N5O. The standard InChI is InChI=1S/C21H25N5O/c1-15-13-26(7-6-24(15)2)21(27)10-20-9-18-8-16(4-5-17(18)11-22-20)19-12-23-25(3)14-19/h4-5,8-9,11-12,14-15H,6-7,10,13H2,1-3H3/t15-/m1/s1. The van der Waals surface area contributed by atoms with E-state index in [1.807, 2.05) is 36.6 Å². The summed E-state index contributed by atoms with van der Waals surface area (Å²) in [4.78, 5) is 21.5. The molecule has 0 aliphatic carbocycles. The summed E-state index contributed by atoms with van der Waals surface area (Å²) in [6, 6.07) is 8.72. The first-order valence-corrected chi connectivity index (χ1v) is 9.35. The van der Waals surface area contributed by atoms with Crippen molar-refractivity contribution in [2.75, 3.05) is 26.7 Å². The van der Waals surface area contributed by atoms with Gasteiger partial charge in [0, 0.05) is 56.1 Å². The van der Waals surface area contributed by atoms with Gasteiger partial charge in [0.25, 0.3) is 0 Å². The first-order valence-electron chi connectivity index (χ1n) is 9.35. The van der Waals surface area contributed by atoms with E-state index >= 15 is 0 Å². The van der Waals surface area contributed by atoms with Gasteiger partial charge in [-0.2, -0.15) is 5.10 Å². The summed E-state index contributed by atoms with van der Waals surface area (Å²) in [5.74, 6) is 0.158. The van der Waals surface area contributed by atoms with Crippen molar-refractivity contribution in [2.45, 2.75) is 19.4 Å². The van der Waals surface area contributed by atoms with Crippen LogP contribution in [0.2, 0.25) is 0 Å². The maximum absolute atomic E-state index is 12.7. The van der Waals surface area contributed by atoms with Crippen LogP contribution in [0.15, 0.2) is 42.9 Å². The van der Waals surface area contributed by atoms with Gasteiger partial charge < -0.3 is 9.80 Å². The number of piperazine rings is 1. The van der Waals surface area contributed by atoms with E-state index in [1.54, 1.807) is 4.68 Å². The number of aromatic nitrogens is 3. The number of carbonyl (C=O) groups excluding carboxylic acids is 1. The van der Waals surface area contributed by atoms with Crippen LogP contribution in [0, 0.1) is 0 Å². The van der Waals surface area contributed by atoms with Gasteiger partial charge in [0.2, 0.25) is 5.91 Å². The number of nitrogens with zero attached hydrogens (tertiary/aromatic N) is 5. The highest BCUT2D eigenvalue weighted by Crippen LogP contribution is 2.24. The SMILES string of the molecule is C[C@@H]1CN(C(=O)Cc2cc3cc(-c4cnn(C)c4)ccc3cn2)CCN1C. The van der Waals surface area contributed by atoms with E-state index in [-0.39, 0.29) is 5.91 Å². The molecule has 1 saturated heterocycles. The van der Waals surface area contributed by atoms with Crippen molar-refractivity contribution < 1.29 is 4.79 Å². The highest BCUT2D eigenvalue weighted by atomic mass is 16.2. The number of carbonyl (C=O) groups is 1. The lowest BCUT2D eigenvalue weighted by Crippen LogP contribution is -2.52. The van der Waals surface area contributed by atoms with Gasteiger partial charge in [-0.1, -0.05) is 12.1 Å². The average molecular weight is 363 g/mol. The number of fused-ring (bicyclic) bond motifs is 1. The van der Waals surface area contributed by atoms with E-state index in [1.165, 1.54) is 0 Å². The lowest BCUT2D eigenvalue weighted by molar-refractivity contribution is -0.133. The lowest BCUT2D eigenvalue weighted by Gasteiger charge is -2.37. The van der Waals surface area contributed by atoms with Gasteiger partial charge in [-0.05, 0) is 37.1 Å². The number of likely N-dealkylation sites (N-methyl/N-ethyl adjacent to an activating group) is 1. The van der Waals surface area contributed by atoms with Gasteiger partial charge in [0.1, 0.15) is 0 Å². The minimum atomic E-state index is 0.158. The summed E-state index contributed by atoms with van der Waals surface area (Å²) in [6.45, 7) is 4.66. The zero-order valence-corrected chi connectivity index (χ0v) is 16.1. The lowest BCUT2D eigenvalue weighted by atomic mass is 10.0. The highest BCUT2D eigenvalue weighted by molar-refractivity contribution is 5.88. The van der Waals surface area contributed by atoms with Crippen LogP contribution < -0.4 is 0 Å². The number of rotatable bonds is 3. The fraction of sp³-hybridized carbons (Fsp3) is 0.381. The summed E-state index contributed by atoms with van der Waals surface area (Å²) in [6.07, 6.45) is 6.07. The Hall–Kier alpha value is -2.73. The smallest absolute Gasteiger partial charge is 0.228 e. The molecule has 6 nitrogen and oxygen atoms in total. The molecule has 1 fully saturated rings. The van der Waals surface area contributed by atoms with Gasteiger partial charge in [-0.15, -0.1) is 0 Å². The zero-order chi connectivity index (χ0) is 19.0. The molecule has 3 heterocycles. The Kier molecular flexibility index (Phi) is 4.66. The molecule has 27 heavy (non-hydrogen) atoms. The number of benzene rings is 1. The van der Waals surface area contributed by atoms with E-state index in [4.69, 9.17) is 0 Å². The normalized spacial score (nSPS) is 18.2. The molecule has 0 saturated carbocycles. The van der Waals surface area contributed by atoms with Crippen molar-refractivity contribution >= 4 is 16.7 Å². The van der Waals surface area contributed by atoms with Crippen LogP contribution in [-0.2, 0) is 18.3 Å². The van der Waals surface area contributed by atoms with Crippen molar-refractivity contribution in [3.63, 3.8) is 0 Å². The Labute approximate surface area is 159 Å². The number of amides is 1. The molecule has 1 amide bonds. The van der Waals surface area contributed by atoms with Crippen LogP contribution in [0.1, 0.15) is 12.6 Å². The fourth-order valence-electron chi connectivity index (χ4n) is 3.57. The van der Waals surface area contributed by atoms with Crippen molar-refractivity contribution in [1.82, 2.24) is 24.6 Å². The fourth-order valence-corrected chi connectivity index (χ4v) is 3.57. The van der Waals surface area contributed by atoms with Crippen molar-refractivity contribution in [3.05, 3.63) is 48.5 Å². The Bertz CT molecular complexity index is 980. The third kappa shape index (κ3) is 3.71. The van der Waals surface area contributed by atoms with Crippen LogP contribution in [0.4, 0.5) is 0 Å². The van der Waals surface area contributed by atoms with E-state index in [2.05, 4.69) is 47.2 Å². The summed E-state index contributed by atoms with van der Waals surface area (Å²) in [5.41, 5.74) is 3.02. The van der Waals surface area contributed by atoms with Crippen molar-refractivity contribution in [2.24, 2.45) is 7.05 Å². The van der Waals surface area contributed by atoms with E-state index in [0.717, 1.165) is 47.2 Å². The molecule has 3 aromatic rings. The number of hydrogen-bond donors (Lipinski definition) is 0. The molecule has 1 atom stereocenters. The first-order chi connectivity index (χ1) is 13.0. The molecule has 0 spiro atoms. The molecule has 2 aromatic heterocycles. The topological polar surface area (TPSA) is 54.3 Å². The average Bonchev–Trinajstić information content (AvgIpc) is 3.09. The molecule has 140 valence electrons. The largest absolute Gasteiger partial charge is 0.340 e. The molecule has 4 rings (SSSR count). The maximum atomic E-state index is 12.7. The molecule has 0 N–H and O–H groups in total. The predicted molar refractivity (Wildman–Crippen MR) is 106 cm³/mol. The summed E-state index contributed by atoms with van der Waals surface area (Å²) in [7, 11) is 4.02. The number of pyridine rings is 1. The second-order valence-electron chi connectivity index (χ2n) is 7.49. The maximum Gasteiger partial charge on any atom is 0.228 e. The second kappa shape index (κ2) is 7.12. The third-order valence-corrected chi connectivity index (χ3v) is 5.46. The van der Waals surface area contributed by atoms with Crippen LogP contribution in [-0.4, -0.2) is 63.2 Å². The van der Waals surface area contributed by atoms with Gasteiger partial charge in [0.05, 0.1) is 18.3 Å². The van der Waals surface area contributed by atoms with Crippen molar-refractivity contribution in [1.29, 1.82) is 0 Å².